The molecule has 0 aliphatic rings. The molecule has 0 saturated carbocycles. The van der Waals surface area contributed by atoms with Crippen LogP contribution in [-0.2, 0) is 6.42 Å². The van der Waals surface area contributed by atoms with Crippen LogP contribution in [0, 0.1) is 0 Å². The quantitative estimate of drug-likeness (QED) is 0.869. The van der Waals surface area contributed by atoms with Gasteiger partial charge in [0.05, 0.1) is 0 Å². The highest BCUT2D eigenvalue weighted by Crippen LogP contribution is 2.24. The Morgan fingerprint density at radius 2 is 2.12 bits per heavy atom. The molecule has 16 heavy (non-hydrogen) atoms. The fraction of sp³-hybridized carbons (Fsp3) is 0.538. The van der Waals surface area contributed by atoms with Crippen LogP contribution in [0.5, 0.6) is 0 Å². The van der Waals surface area contributed by atoms with Crippen LogP contribution in [0.4, 0.5) is 5.69 Å². The number of nitrogens with two attached hydrogens (primary N) is 1. The molecular formula is C13H21BrN2. The van der Waals surface area contributed by atoms with E-state index < -0.39 is 0 Å². The Kier molecular flexibility index (Phi) is 5.85. The third kappa shape index (κ3) is 3.80. The SMILES string of the molecule is CCCCN(C)c1ccc(CCN)c(Br)c1. The molecule has 90 valence electrons. The summed E-state index contributed by atoms with van der Waals surface area (Å²) in [5.74, 6) is 0. The Labute approximate surface area is 107 Å². The number of halogens is 1. The first-order chi connectivity index (χ1) is 7.69. The summed E-state index contributed by atoms with van der Waals surface area (Å²) in [6, 6.07) is 6.51. The standard InChI is InChI=1S/C13H21BrN2/c1-3-4-9-16(2)12-6-5-11(7-8-15)13(14)10-12/h5-6,10H,3-4,7-9,15H2,1-2H3. The molecule has 0 bridgehead atoms. The Morgan fingerprint density at radius 3 is 2.69 bits per heavy atom. The van der Waals surface area contributed by atoms with Crippen molar-refractivity contribution >= 4 is 21.6 Å². The number of hydrogen-bond acceptors (Lipinski definition) is 2. The van der Waals surface area contributed by atoms with Crippen molar-refractivity contribution in [2.24, 2.45) is 5.73 Å². The number of anilines is 1. The maximum absolute atomic E-state index is 5.56. The summed E-state index contributed by atoms with van der Waals surface area (Å²) in [4.78, 5) is 2.29. The van der Waals surface area contributed by atoms with Gasteiger partial charge in [0.15, 0.2) is 0 Å². The summed E-state index contributed by atoms with van der Waals surface area (Å²) in [6.07, 6.45) is 3.40. The average molecular weight is 285 g/mol. The van der Waals surface area contributed by atoms with Gasteiger partial charge < -0.3 is 10.6 Å². The van der Waals surface area contributed by atoms with Crippen molar-refractivity contribution in [2.45, 2.75) is 26.2 Å². The summed E-state index contributed by atoms with van der Waals surface area (Å²) in [7, 11) is 2.14. The van der Waals surface area contributed by atoms with Crippen molar-refractivity contribution in [3.05, 3.63) is 28.2 Å². The second-order valence-electron chi connectivity index (χ2n) is 4.09. The fourth-order valence-electron chi connectivity index (χ4n) is 1.66. The van der Waals surface area contributed by atoms with Crippen molar-refractivity contribution in [3.8, 4) is 0 Å². The second-order valence-corrected chi connectivity index (χ2v) is 4.94. The molecule has 1 aromatic carbocycles. The topological polar surface area (TPSA) is 29.3 Å². The van der Waals surface area contributed by atoms with Gasteiger partial charge in [-0.25, -0.2) is 0 Å². The van der Waals surface area contributed by atoms with Crippen LogP contribution >= 0.6 is 15.9 Å². The zero-order chi connectivity index (χ0) is 12.0. The van der Waals surface area contributed by atoms with E-state index in [0.717, 1.165) is 13.0 Å². The molecule has 0 spiro atoms. The van der Waals surface area contributed by atoms with Gasteiger partial charge in [0.25, 0.3) is 0 Å². The predicted octanol–water partition coefficient (Wildman–Crippen LogP) is 3.19. The van der Waals surface area contributed by atoms with Crippen molar-refractivity contribution < 1.29 is 0 Å². The van der Waals surface area contributed by atoms with E-state index in [-0.39, 0.29) is 0 Å². The van der Waals surface area contributed by atoms with E-state index in [4.69, 9.17) is 5.73 Å². The highest BCUT2D eigenvalue weighted by Gasteiger charge is 2.04. The lowest BCUT2D eigenvalue weighted by molar-refractivity contribution is 0.766. The number of rotatable bonds is 6. The third-order valence-corrected chi connectivity index (χ3v) is 3.48. The van der Waals surface area contributed by atoms with E-state index in [9.17, 15) is 0 Å². The van der Waals surface area contributed by atoms with Gasteiger partial charge in [0.2, 0.25) is 0 Å². The van der Waals surface area contributed by atoms with Gasteiger partial charge in [-0.05, 0) is 37.1 Å². The predicted molar refractivity (Wildman–Crippen MR) is 75.1 cm³/mol. The van der Waals surface area contributed by atoms with Crippen LogP contribution < -0.4 is 10.6 Å². The molecular weight excluding hydrogens is 264 g/mol. The summed E-state index contributed by atoms with van der Waals surface area (Å²) in [5.41, 5.74) is 8.11. The molecule has 0 heterocycles. The zero-order valence-electron chi connectivity index (χ0n) is 10.2. The Balaban J connectivity index is 2.71. The highest BCUT2D eigenvalue weighted by atomic mass is 79.9. The van der Waals surface area contributed by atoms with Crippen molar-refractivity contribution in [1.82, 2.24) is 0 Å². The van der Waals surface area contributed by atoms with Gasteiger partial charge in [-0.2, -0.15) is 0 Å². The minimum atomic E-state index is 0.698. The van der Waals surface area contributed by atoms with Crippen LogP contribution in [0.25, 0.3) is 0 Å². The molecule has 2 nitrogen and oxygen atoms in total. The molecule has 0 amide bonds. The second kappa shape index (κ2) is 6.92. The maximum Gasteiger partial charge on any atom is 0.0375 e. The van der Waals surface area contributed by atoms with Crippen LogP contribution in [0.1, 0.15) is 25.3 Å². The number of unbranched alkanes of at least 4 members (excludes halogenated alkanes) is 1. The van der Waals surface area contributed by atoms with Gasteiger partial charge >= 0.3 is 0 Å². The number of benzene rings is 1. The van der Waals surface area contributed by atoms with E-state index in [1.807, 2.05) is 0 Å². The lowest BCUT2D eigenvalue weighted by Gasteiger charge is -2.20. The average Bonchev–Trinajstić information content (AvgIpc) is 2.29. The Morgan fingerprint density at radius 1 is 1.38 bits per heavy atom. The minimum Gasteiger partial charge on any atom is -0.375 e. The Bertz CT molecular complexity index is 326. The van der Waals surface area contributed by atoms with Crippen LogP contribution in [0.2, 0.25) is 0 Å². The molecule has 2 N–H and O–H groups in total. The molecule has 3 heteroatoms. The molecule has 1 rings (SSSR count). The molecule has 0 atom stereocenters. The van der Waals surface area contributed by atoms with Gasteiger partial charge in [-0.3, -0.25) is 0 Å². The minimum absolute atomic E-state index is 0.698. The van der Waals surface area contributed by atoms with Crippen LogP contribution in [-0.4, -0.2) is 20.1 Å². The fourth-order valence-corrected chi connectivity index (χ4v) is 2.22. The van der Waals surface area contributed by atoms with Crippen molar-refractivity contribution in [2.75, 3.05) is 25.0 Å². The van der Waals surface area contributed by atoms with E-state index >= 15 is 0 Å². The maximum atomic E-state index is 5.56. The normalized spacial score (nSPS) is 10.5. The molecule has 0 unspecified atom stereocenters. The lowest BCUT2D eigenvalue weighted by atomic mass is 10.1. The number of hydrogen-bond donors (Lipinski definition) is 1. The molecule has 0 aliphatic heterocycles. The smallest absolute Gasteiger partial charge is 0.0375 e. The lowest BCUT2D eigenvalue weighted by Crippen LogP contribution is -2.18. The molecule has 0 radical (unpaired) electrons. The van der Waals surface area contributed by atoms with Gasteiger partial charge in [-0.15, -0.1) is 0 Å². The largest absolute Gasteiger partial charge is 0.375 e. The van der Waals surface area contributed by atoms with Gasteiger partial charge in [-0.1, -0.05) is 35.3 Å². The first kappa shape index (κ1) is 13.5. The summed E-state index contributed by atoms with van der Waals surface area (Å²) < 4.78 is 1.17. The summed E-state index contributed by atoms with van der Waals surface area (Å²) >= 11 is 3.60. The summed E-state index contributed by atoms with van der Waals surface area (Å²) in [5, 5.41) is 0. The van der Waals surface area contributed by atoms with Crippen molar-refractivity contribution in [3.63, 3.8) is 0 Å². The van der Waals surface area contributed by atoms with E-state index in [2.05, 4.69) is 53.0 Å². The monoisotopic (exact) mass is 284 g/mol. The van der Waals surface area contributed by atoms with Crippen LogP contribution in [0.3, 0.4) is 0 Å². The van der Waals surface area contributed by atoms with E-state index in [0.29, 0.717) is 6.54 Å². The van der Waals surface area contributed by atoms with Gasteiger partial charge in [0.1, 0.15) is 0 Å². The van der Waals surface area contributed by atoms with E-state index in [1.165, 1.54) is 28.6 Å². The first-order valence-corrected chi connectivity index (χ1v) is 6.68. The van der Waals surface area contributed by atoms with E-state index in [1.54, 1.807) is 0 Å². The Hall–Kier alpha value is -0.540. The summed E-state index contributed by atoms with van der Waals surface area (Å²) in [6.45, 7) is 4.02. The zero-order valence-corrected chi connectivity index (χ0v) is 11.8. The molecule has 0 aromatic heterocycles. The molecule has 0 fully saturated rings. The molecule has 0 saturated heterocycles. The third-order valence-electron chi connectivity index (χ3n) is 2.74. The first-order valence-electron chi connectivity index (χ1n) is 5.88. The van der Waals surface area contributed by atoms with Crippen LogP contribution in [0.15, 0.2) is 22.7 Å². The molecule has 0 aliphatic carbocycles. The van der Waals surface area contributed by atoms with Crippen molar-refractivity contribution in [1.29, 1.82) is 0 Å². The molecule has 1 aromatic rings. The highest BCUT2D eigenvalue weighted by molar-refractivity contribution is 9.10. The number of nitrogens with zero attached hydrogens (tertiary/aromatic N) is 1. The van der Waals surface area contributed by atoms with Gasteiger partial charge in [0, 0.05) is 23.8 Å².